The minimum absolute atomic E-state index is 0.0554. The molecule has 1 aromatic heterocycles. The lowest BCUT2D eigenvalue weighted by molar-refractivity contribution is 0.444. The standard InChI is InChI=1S/C13H14N2O2/c1-9(15-10-3-2-6-14-8-10)12-5-4-11(16)7-13(12)17/h2-9,15-17H,1H3. The monoisotopic (exact) mass is 230 g/mol. The van der Waals surface area contributed by atoms with E-state index in [0.29, 0.717) is 0 Å². The SMILES string of the molecule is CC(Nc1cccnc1)c1ccc(O)cc1O. The Morgan fingerprint density at radius 3 is 2.71 bits per heavy atom. The van der Waals surface area contributed by atoms with Gasteiger partial charge in [-0.2, -0.15) is 0 Å². The summed E-state index contributed by atoms with van der Waals surface area (Å²) >= 11 is 0. The first-order valence-electron chi connectivity index (χ1n) is 5.35. The third-order valence-corrected chi connectivity index (χ3v) is 2.53. The van der Waals surface area contributed by atoms with Crippen LogP contribution in [0, 0.1) is 0 Å². The normalized spacial score (nSPS) is 12.1. The van der Waals surface area contributed by atoms with Gasteiger partial charge in [0.15, 0.2) is 0 Å². The van der Waals surface area contributed by atoms with Crippen molar-refractivity contribution in [2.75, 3.05) is 5.32 Å². The maximum Gasteiger partial charge on any atom is 0.124 e. The second-order valence-corrected chi connectivity index (χ2v) is 3.85. The largest absolute Gasteiger partial charge is 0.508 e. The van der Waals surface area contributed by atoms with E-state index in [1.165, 1.54) is 6.07 Å². The first-order valence-corrected chi connectivity index (χ1v) is 5.35. The van der Waals surface area contributed by atoms with Gasteiger partial charge >= 0.3 is 0 Å². The molecule has 0 radical (unpaired) electrons. The highest BCUT2D eigenvalue weighted by Crippen LogP contribution is 2.29. The van der Waals surface area contributed by atoms with Gasteiger partial charge in [-0.15, -0.1) is 0 Å². The molecule has 0 bridgehead atoms. The average Bonchev–Trinajstić information content (AvgIpc) is 2.30. The lowest BCUT2D eigenvalue weighted by Gasteiger charge is -2.16. The van der Waals surface area contributed by atoms with Crippen LogP contribution in [0.5, 0.6) is 11.5 Å². The summed E-state index contributed by atoms with van der Waals surface area (Å²) in [6, 6.07) is 8.25. The molecule has 1 aromatic carbocycles. The molecule has 0 aliphatic rings. The molecule has 1 unspecified atom stereocenters. The maximum absolute atomic E-state index is 9.72. The zero-order chi connectivity index (χ0) is 12.3. The molecular formula is C13H14N2O2. The molecule has 4 nitrogen and oxygen atoms in total. The molecule has 1 atom stereocenters. The molecule has 0 spiro atoms. The van der Waals surface area contributed by atoms with Crippen LogP contribution in [0.1, 0.15) is 18.5 Å². The Kier molecular flexibility index (Phi) is 3.14. The van der Waals surface area contributed by atoms with Gasteiger partial charge in [-0.05, 0) is 31.2 Å². The van der Waals surface area contributed by atoms with Gasteiger partial charge in [0.25, 0.3) is 0 Å². The third kappa shape index (κ3) is 2.66. The molecule has 0 saturated heterocycles. The molecule has 2 aromatic rings. The van der Waals surface area contributed by atoms with Crippen molar-refractivity contribution in [3.63, 3.8) is 0 Å². The number of nitrogens with one attached hydrogen (secondary N) is 1. The van der Waals surface area contributed by atoms with Crippen LogP contribution < -0.4 is 5.32 Å². The number of hydrogen-bond donors (Lipinski definition) is 3. The highest BCUT2D eigenvalue weighted by molar-refractivity contribution is 5.47. The topological polar surface area (TPSA) is 65.4 Å². The highest BCUT2D eigenvalue weighted by Gasteiger charge is 2.10. The Morgan fingerprint density at radius 1 is 1.24 bits per heavy atom. The van der Waals surface area contributed by atoms with E-state index < -0.39 is 0 Å². The molecule has 0 aliphatic carbocycles. The van der Waals surface area contributed by atoms with Crippen LogP contribution in [-0.2, 0) is 0 Å². The van der Waals surface area contributed by atoms with Gasteiger partial charge < -0.3 is 15.5 Å². The molecule has 0 fully saturated rings. The summed E-state index contributed by atoms with van der Waals surface area (Å²) in [5.74, 6) is 0.133. The van der Waals surface area contributed by atoms with Crippen molar-refractivity contribution < 1.29 is 10.2 Å². The molecule has 0 aliphatic heterocycles. The molecule has 88 valence electrons. The van der Waals surface area contributed by atoms with Gasteiger partial charge in [-0.25, -0.2) is 0 Å². The van der Waals surface area contributed by atoms with Crippen LogP contribution in [0.3, 0.4) is 0 Å². The third-order valence-electron chi connectivity index (χ3n) is 2.53. The predicted molar refractivity (Wildman–Crippen MR) is 66.0 cm³/mol. The Balaban J connectivity index is 2.17. The summed E-state index contributed by atoms with van der Waals surface area (Å²) < 4.78 is 0. The Hall–Kier alpha value is -2.23. The van der Waals surface area contributed by atoms with E-state index in [9.17, 15) is 10.2 Å². The summed E-state index contributed by atoms with van der Waals surface area (Å²) in [6.07, 6.45) is 3.42. The van der Waals surface area contributed by atoms with Gasteiger partial charge in [-0.1, -0.05) is 0 Å². The summed E-state index contributed by atoms with van der Waals surface area (Å²) in [5, 5.41) is 22.2. The fourth-order valence-corrected chi connectivity index (χ4v) is 1.67. The number of benzene rings is 1. The Labute approximate surface area is 99.6 Å². The Bertz CT molecular complexity index is 500. The van der Waals surface area contributed by atoms with Crippen molar-refractivity contribution in [1.82, 2.24) is 4.98 Å². The van der Waals surface area contributed by atoms with E-state index in [1.807, 2.05) is 19.1 Å². The molecule has 3 N–H and O–H groups in total. The van der Waals surface area contributed by atoms with E-state index in [-0.39, 0.29) is 17.5 Å². The van der Waals surface area contributed by atoms with E-state index in [1.54, 1.807) is 24.5 Å². The fourth-order valence-electron chi connectivity index (χ4n) is 1.67. The number of phenolic OH excluding ortho intramolecular Hbond substituents is 2. The second kappa shape index (κ2) is 4.74. The number of pyridine rings is 1. The number of aromatic nitrogens is 1. The van der Waals surface area contributed by atoms with Crippen LogP contribution in [0.2, 0.25) is 0 Å². The Morgan fingerprint density at radius 2 is 2.06 bits per heavy atom. The molecule has 17 heavy (non-hydrogen) atoms. The highest BCUT2D eigenvalue weighted by atomic mass is 16.3. The second-order valence-electron chi connectivity index (χ2n) is 3.85. The number of aromatic hydroxyl groups is 2. The van der Waals surface area contributed by atoms with Crippen LogP contribution in [0.25, 0.3) is 0 Å². The van der Waals surface area contributed by atoms with Crippen molar-refractivity contribution in [2.45, 2.75) is 13.0 Å². The van der Waals surface area contributed by atoms with Crippen molar-refractivity contribution in [3.05, 3.63) is 48.3 Å². The first-order chi connectivity index (χ1) is 8.16. The lowest BCUT2D eigenvalue weighted by atomic mass is 10.1. The fraction of sp³-hybridized carbons (Fsp3) is 0.154. The quantitative estimate of drug-likeness (QED) is 0.758. The number of hydrogen-bond acceptors (Lipinski definition) is 4. The van der Waals surface area contributed by atoms with E-state index >= 15 is 0 Å². The van der Waals surface area contributed by atoms with Crippen LogP contribution in [0.4, 0.5) is 5.69 Å². The minimum Gasteiger partial charge on any atom is -0.508 e. The van der Waals surface area contributed by atoms with Gasteiger partial charge in [0.1, 0.15) is 11.5 Å². The van der Waals surface area contributed by atoms with Gasteiger partial charge in [0.05, 0.1) is 11.7 Å². The lowest BCUT2D eigenvalue weighted by Crippen LogP contribution is -2.06. The number of nitrogens with zero attached hydrogens (tertiary/aromatic N) is 1. The van der Waals surface area contributed by atoms with Crippen molar-refractivity contribution in [1.29, 1.82) is 0 Å². The number of phenols is 2. The summed E-state index contributed by atoms with van der Waals surface area (Å²) in [6.45, 7) is 1.93. The molecule has 1 heterocycles. The number of rotatable bonds is 3. The average molecular weight is 230 g/mol. The van der Waals surface area contributed by atoms with E-state index in [0.717, 1.165) is 11.3 Å². The van der Waals surface area contributed by atoms with Crippen LogP contribution in [0.15, 0.2) is 42.7 Å². The van der Waals surface area contributed by atoms with Crippen molar-refractivity contribution >= 4 is 5.69 Å². The summed E-state index contributed by atoms with van der Waals surface area (Å²) in [7, 11) is 0. The molecule has 0 saturated carbocycles. The van der Waals surface area contributed by atoms with E-state index in [2.05, 4.69) is 10.3 Å². The minimum atomic E-state index is -0.0696. The maximum atomic E-state index is 9.72. The predicted octanol–water partition coefficient (Wildman–Crippen LogP) is 2.67. The van der Waals surface area contributed by atoms with E-state index in [4.69, 9.17) is 0 Å². The summed E-state index contributed by atoms with van der Waals surface area (Å²) in [4.78, 5) is 4.00. The van der Waals surface area contributed by atoms with Gasteiger partial charge in [0.2, 0.25) is 0 Å². The zero-order valence-corrected chi connectivity index (χ0v) is 9.46. The van der Waals surface area contributed by atoms with Crippen LogP contribution in [-0.4, -0.2) is 15.2 Å². The van der Waals surface area contributed by atoms with Gasteiger partial charge in [-0.3, -0.25) is 4.98 Å². The number of anilines is 1. The smallest absolute Gasteiger partial charge is 0.124 e. The molecular weight excluding hydrogens is 216 g/mol. The molecule has 4 heteroatoms. The zero-order valence-electron chi connectivity index (χ0n) is 9.46. The summed E-state index contributed by atoms with van der Waals surface area (Å²) in [5.41, 5.74) is 1.61. The first kappa shape index (κ1) is 11.3. The molecule has 0 amide bonds. The van der Waals surface area contributed by atoms with Gasteiger partial charge in [0, 0.05) is 24.0 Å². The van der Waals surface area contributed by atoms with Crippen molar-refractivity contribution in [3.8, 4) is 11.5 Å². The van der Waals surface area contributed by atoms with Crippen LogP contribution >= 0.6 is 0 Å². The van der Waals surface area contributed by atoms with Crippen molar-refractivity contribution in [2.24, 2.45) is 0 Å². The molecule has 2 rings (SSSR count).